The van der Waals surface area contributed by atoms with Gasteiger partial charge in [0.05, 0.1) is 23.9 Å². The topological polar surface area (TPSA) is 79.0 Å². The number of ether oxygens (including phenoxy) is 1. The van der Waals surface area contributed by atoms with Crippen LogP contribution in [0.25, 0.3) is 10.9 Å². The first-order chi connectivity index (χ1) is 9.28. The number of aromatic nitrogens is 2. The molecule has 1 aliphatic rings. The van der Waals surface area contributed by atoms with Gasteiger partial charge in [-0.2, -0.15) is 5.10 Å². The zero-order valence-electron chi connectivity index (χ0n) is 10.6. The van der Waals surface area contributed by atoms with Gasteiger partial charge < -0.3 is 15.4 Å². The molecule has 0 radical (unpaired) electrons. The molecule has 1 aromatic heterocycles. The first-order valence-corrected chi connectivity index (χ1v) is 6.25. The van der Waals surface area contributed by atoms with Crippen LogP contribution in [0.15, 0.2) is 24.4 Å². The summed E-state index contributed by atoms with van der Waals surface area (Å²) in [4.78, 5) is 12.2. The average Bonchev–Trinajstić information content (AvgIpc) is 3.05. The number of amides is 1. The molecule has 6 nitrogen and oxygen atoms in total. The highest BCUT2D eigenvalue weighted by molar-refractivity contribution is 5.97. The number of H-pyrrole nitrogens is 1. The maximum absolute atomic E-state index is 12.2. The van der Waals surface area contributed by atoms with E-state index >= 15 is 0 Å². The lowest BCUT2D eigenvalue weighted by Gasteiger charge is -2.18. The maximum Gasteiger partial charge on any atom is 0.251 e. The molecule has 1 saturated heterocycles. The SMILES string of the molecule is CO[C@H]1CNCC1NC(=O)c1ccc2cn[nH]c2c1. The number of carbonyl (C=O) groups is 1. The summed E-state index contributed by atoms with van der Waals surface area (Å²) in [6, 6.07) is 5.50. The zero-order valence-corrected chi connectivity index (χ0v) is 10.6. The van der Waals surface area contributed by atoms with E-state index < -0.39 is 0 Å². The molecule has 2 heterocycles. The highest BCUT2D eigenvalue weighted by atomic mass is 16.5. The minimum atomic E-state index is -0.0905. The minimum Gasteiger partial charge on any atom is -0.378 e. The predicted molar refractivity (Wildman–Crippen MR) is 71.0 cm³/mol. The van der Waals surface area contributed by atoms with E-state index in [0.29, 0.717) is 5.56 Å². The first-order valence-electron chi connectivity index (χ1n) is 6.25. The molecule has 100 valence electrons. The third-order valence-corrected chi connectivity index (χ3v) is 3.48. The number of hydrogen-bond acceptors (Lipinski definition) is 4. The molecule has 3 rings (SSSR count). The molecule has 1 amide bonds. The average molecular weight is 260 g/mol. The fourth-order valence-corrected chi connectivity index (χ4v) is 2.38. The second-order valence-electron chi connectivity index (χ2n) is 4.68. The second-order valence-corrected chi connectivity index (χ2v) is 4.68. The molecule has 2 aromatic rings. The van der Waals surface area contributed by atoms with Crippen molar-refractivity contribution in [3.63, 3.8) is 0 Å². The van der Waals surface area contributed by atoms with Crippen LogP contribution in [-0.4, -0.2) is 48.4 Å². The molecule has 0 spiro atoms. The van der Waals surface area contributed by atoms with Crippen LogP contribution in [0.1, 0.15) is 10.4 Å². The molecule has 3 N–H and O–H groups in total. The number of hydrogen-bond donors (Lipinski definition) is 3. The van der Waals surface area contributed by atoms with Gasteiger partial charge >= 0.3 is 0 Å². The van der Waals surface area contributed by atoms with Crippen LogP contribution in [0.3, 0.4) is 0 Å². The Morgan fingerprint density at radius 1 is 1.47 bits per heavy atom. The highest BCUT2D eigenvalue weighted by Gasteiger charge is 2.28. The van der Waals surface area contributed by atoms with Gasteiger partial charge in [0.15, 0.2) is 0 Å². The van der Waals surface area contributed by atoms with Crippen LogP contribution in [0, 0.1) is 0 Å². The monoisotopic (exact) mass is 260 g/mol. The Morgan fingerprint density at radius 3 is 3.21 bits per heavy atom. The summed E-state index contributed by atoms with van der Waals surface area (Å²) in [5.41, 5.74) is 1.49. The van der Waals surface area contributed by atoms with Gasteiger partial charge in [0.2, 0.25) is 0 Å². The Hall–Kier alpha value is -1.92. The number of nitrogens with one attached hydrogen (secondary N) is 3. The molecular weight excluding hydrogens is 244 g/mol. The van der Waals surface area contributed by atoms with Crippen molar-refractivity contribution >= 4 is 16.8 Å². The minimum absolute atomic E-state index is 0.00923. The summed E-state index contributed by atoms with van der Waals surface area (Å²) in [6.07, 6.45) is 1.76. The number of aromatic amines is 1. The number of methoxy groups -OCH3 is 1. The van der Waals surface area contributed by atoms with Crippen molar-refractivity contribution in [1.29, 1.82) is 0 Å². The number of rotatable bonds is 3. The smallest absolute Gasteiger partial charge is 0.251 e. The number of carbonyl (C=O) groups excluding carboxylic acids is 1. The maximum atomic E-state index is 12.2. The van der Waals surface area contributed by atoms with Crippen molar-refractivity contribution in [2.24, 2.45) is 0 Å². The van der Waals surface area contributed by atoms with E-state index in [2.05, 4.69) is 20.8 Å². The van der Waals surface area contributed by atoms with E-state index in [1.165, 1.54) is 0 Å². The largest absolute Gasteiger partial charge is 0.378 e. The van der Waals surface area contributed by atoms with Crippen LogP contribution in [0.2, 0.25) is 0 Å². The summed E-state index contributed by atoms with van der Waals surface area (Å²) < 4.78 is 5.32. The quantitative estimate of drug-likeness (QED) is 0.740. The number of benzene rings is 1. The third-order valence-electron chi connectivity index (χ3n) is 3.48. The van der Waals surface area contributed by atoms with Gasteiger partial charge in [-0.3, -0.25) is 9.89 Å². The summed E-state index contributed by atoms with van der Waals surface area (Å²) in [5.74, 6) is -0.0905. The molecule has 19 heavy (non-hydrogen) atoms. The van der Waals surface area contributed by atoms with Crippen LogP contribution in [0.4, 0.5) is 0 Å². The van der Waals surface area contributed by atoms with Gasteiger partial charge in [-0.25, -0.2) is 0 Å². The first kappa shape index (κ1) is 12.1. The fraction of sp³-hybridized carbons (Fsp3) is 0.385. The Labute approximate surface area is 110 Å². The molecule has 1 fully saturated rings. The van der Waals surface area contributed by atoms with Crippen molar-refractivity contribution in [2.45, 2.75) is 12.1 Å². The summed E-state index contributed by atoms with van der Waals surface area (Å²) in [7, 11) is 1.66. The van der Waals surface area contributed by atoms with Gasteiger partial charge in [0.1, 0.15) is 0 Å². The second kappa shape index (κ2) is 4.99. The van der Waals surface area contributed by atoms with Crippen LogP contribution >= 0.6 is 0 Å². The lowest BCUT2D eigenvalue weighted by Crippen LogP contribution is -2.43. The van der Waals surface area contributed by atoms with Crippen LogP contribution in [-0.2, 0) is 4.74 Å². The number of fused-ring (bicyclic) bond motifs is 1. The number of nitrogens with zero attached hydrogens (tertiary/aromatic N) is 1. The van der Waals surface area contributed by atoms with Crippen molar-refractivity contribution in [3.05, 3.63) is 30.0 Å². The van der Waals surface area contributed by atoms with E-state index in [0.717, 1.165) is 24.0 Å². The molecule has 0 saturated carbocycles. The summed E-state index contributed by atoms with van der Waals surface area (Å²) in [6.45, 7) is 1.50. The molecule has 1 aromatic carbocycles. The molecule has 2 atom stereocenters. The van der Waals surface area contributed by atoms with Crippen molar-refractivity contribution < 1.29 is 9.53 Å². The third kappa shape index (κ3) is 2.32. The molecule has 6 heteroatoms. The molecular formula is C13H16N4O2. The lowest BCUT2D eigenvalue weighted by atomic mass is 10.1. The van der Waals surface area contributed by atoms with E-state index in [9.17, 15) is 4.79 Å². The summed E-state index contributed by atoms with van der Waals surface area (Å²) >= 11 is 0. The Morgan fingerprint density at radius 2 is 2.37 bits per heavy atom. The van der Waals surface area contributed by atoms with Gasteiger partial charge in [-0.1, -0.05) is 6.07 Å². The van der Waals surface area contributed by atoms with E-state index in [4.69, 9.17) is 4.74 Å². The highest BCUT2D eigenvalue weighted by Crippen LogP contribution is 2.13. The lowest BCUT2D eigenvalue weighted by molar-refractivity contribution is 0.0780. The van der Waals surface area contributed by atoms with Crippen LogP contribution in [0.5, 0.6) is 0 Å². The van der Waals surface area contributed by atoms with Crippen molar-refractivity contribution in [1.82, 2.24) is 20.8 Å². The van der Waals surface area contributed by atoms with Gasteiger partial charge in [-0.15, -0.1) is 0 Å². The Kier molecular flexibility index (Phi) is 3.18. The zero-order chi connectivity index (χ0) is 13.2. The van der Waals surface area contributed by atoms with Gasteiger partial charge in [-0.05, 0) is 12.1 Å². The van der Waals surface area contributed by atoms with E-state index in [-0.39, 0.29) is 18.1 Å². The van der Waals surface area contributed by atoms with Gasteiger partial charge in [0.25, 0.3) is 5.91 Å². The van der Waals surface area contributed by atoms with E-state index in [1.807, 2.05) is 12.1 Å². The standard InChI is InChI=1S/C13H16N4O2/c1-19-12-7-14-6-11(12)16-13(18)8-2-3-9-5-15-17-10(9)4-8/h2-5,11-12,14H,6-7H2,1H3,(H,15,17)(H,16,18)/t11?,12-/m0/s1. The fourth-order valence-electron chi connectivity index (χ4n) is 2.38. The van der Waals surface area contributed by atoms with E-state index in [1.54, 1.807) is 19.4 Å². The summed E-state index contributed by atoms with van der Waals surface area (Å²) in [5, 5.41) is 14.0. The normalized spacial score (nSPS) is 22.8. The Bertz CT molecular complexity index is 595. The van der Waals surface area contributed by atoms with Gasteiger partial charge in [0, 0.05) is 31.1 Å². The van der Waals surface area contributed by atoms with Crippen LogP contribution < -0.4 is 10.6 Å². The Balaban J connectivity index is 1.76. The predicted octanol–water partition coefficient (Wildman–Crippen LogP) is 0.280. The molecule has 1 unspecified atom stereocenters. The van der Waals surface area contributed by atoms with Crippen molar-refractivity contribution in [3.8, 4) is 0 Å². The molecule has 0 bridgehead atoms. The molecule has 0 aliphatic carbocycles. The van der Waals surface area contributed by atoms with Crippen molar-refractivity contribution in [2.75, 3.05) is 20.2 Å². The molecule has 1 aliphatic heterocycles.